The number of rotatable bonds is 4. The Morgan fingerprint density at radius 2 is 2.12 bits per heavy atom. The van der Waals surface area contributed by atoms with Crippen molar-refractivity contribution in [2.75, 3.05) is 0 Å². The van der Waals surface area contributed by atoms with Crippen LogP contribution in [0.1, 0.15) is 19.4 Å². The highest BCUT2D eigenvalue weighted by molar-refractivity contribution is 6.20. The smallest absolute Gasteiger partial charge is 0.258 e. The van der Waals surface area contributed by atoms with E-state index < -0.39 is 16.4 Å². The summed E-state index contributed by atoms with van der Waals surface area (Å²) in [6.07, 6.45) is 0.611. The van der Waals surface area contributed by atoms with E-state index in [1.807, 2.05) is 13.8 Å². The van der Waals surface area contributed by atoms with Crippen molar-refractivity contribution in [3.63, 3.8) is 0 Å². The van der Waals surface area contributed by atoms with Gasteiger partial charge in [-0.1, -0.05) is 13.0 Å². The predicted octanol–water partition coefficient (Wildman–Crippen LogP) is 3.54. The fraction of sp³-hybridized carbons (Fsp3) is 0.455. The SMILES string of the molecule is CC(Cl)C(C)Cc1ccc([N+](=O)[O-])c(F)c1. The Balaban J connectivity index is 2.85. The van der Waals surface area contributed by atoms with E-state index in [-0.39, 0.29) is 11.3 Å². The molecule has 0 spiro atoms. The second-order valence-corrected chi connectivity index (χ2v) is 4.59. The summed E-state index contributed by atoms with van der Waals surface area (Å²) in [6.45, 7) is 3.82. The van der Waals surface area contributed by atoms with Crippen LogP contribution in [0.5, 0.6) is 0 Å². The first kappa shape index (κ1) is 12.9. The van der Waals surface area contributed by atoms with E-state index >= 15 is 0 Å². The number of hydrogen-bond acceptors (Lipinski definition) is 2. The van der Waals surface area contributed by atoms with Gasteiger partial charge in [0.1, 0.15) is 0 Å². The van der Waals surface area contributed by atoms with Crippen LogP contribution >= 0.6 is 11.6 Å². The molecule has 0 fully saturated rings. The molecule has 5 heteroatoms. The molecule has 16 heavy (non-hydrogen) atoms. The average molecular weight is 246 g/mol. The van der Waals surface area contributed by atoms with Crippen LogP contribution in [0.2, 0.25) is 0 Å². The van der Waals surface area contributed by atoms with Gasteiger partial charge in [-0.15, -0.1) is 11.6 Å². The lowest BCUT2D eigenvalue weighted by Gasteiger charge is -2.13. The third kappa shape index (κ3) is 3.17. The van der Waals surface area contributed by atoms with E-state index in [1.54, 1.807) is 6.07 Å². The second-order valence-electron chi connectivity index (χ2n) is 3.90. The quantitative estimate of drug-likeness (QED) is 0.463. The Morgan fingerprint density at radius 3 is 2.56 bits per heavy atom. The third-order valence-corrected chi connectivity index (χ3v) is 2.98. The maximum absolute atomic E-state index is 13.3. The molecule has 0 heterocycles. The Labute approximate surface area is 98.4 Å². The summed E-state index contributed by atoms with van der Waals surface area (Å²) in [6, 6.07) is 3.96. The number of nitrogens with zero attached hydrogens (tertiary/aromatic N) is 1. The number of halogens is 2. The van der Waals surface area contributed by atoms with Crippen LogP contribution in [0.25, 0.3) is 0 Å². The monoisotopic (exact) mass is 245 g/mol. The van der Waals surface area contributed by atoms with Gasteiger partial charge in [-0.25, -0.2) is 0 Å². The van der Waals surface area contributed by atoms with E-state index in [0.717, 1.165) is 5.56 Å². The maximum Gasteiger partial charge on any atom is 0.304 e. The minimum absolute atomic E-state index is 0.0155. The van der Waals surface area contributed by atoms with E-state index in [2.05, 4.69) is 0 Å². The molecule has 2 unspecified atom stereocenters. The lowest BCUT2D eigenvalue weighted by atomic mass is 9.98. The van der Waals surface area contributed by atoms with Gasteiger partial charge in [-0.05, 0) is 30.9 Å². The fourth-order valence-electron chi connectivity index (χ4n) is 1.36. The Morgan fingerprint density at radius 1 is 1.50 bits per heavy atom. The summed E-state index contributed by atoms with van der Waals surface area (Å²) in [4.78, 5) is 9.68. The van der Waals surface area contributed by atoms with Crippen LogP contribution < -0.4 is 0 Å². The van der Waals surface area contributed by atoms with Crippen molar-refractivity contribution in [1.29, 1.82) is 0 Å². The first-order valence-corrected chi connectivity index (χ1v) is 5.42. The standard InChI is InChI=1S/C11H13ClFNO2/c1-7(8(2)12)5-9-3-4-11(14(15)16)10(13)6-9/h3-4,6-8H,5H2,1-2H3. The molecule has 0 amide bonds. The molecule has 0 aliphatic heterocycles. The first-order valence-electron chi connectivity index (χ1n) is 4.98. The van der Waals surface area contributed by atoms with Crippen LogP contribution in [0.4, 0.5) is 10.1 Å². The van der Waals surface area contributed by atoms with Gasteiger partial charge in [0.25, 0.3) is 0 Å². The van der Waals surface area contributed by atoms with Gasteiger partial charge in [-0.3, -0.25) is 10.1 Å². The van der Waals surface area contributed by atoms with Crippen molar-refractivity contribution in [1.82, 2.24) is 0 Å². The zero-order valence-electron chi connectivity index (χ0n) is 9.11. The van der Waals surface area contributed by atoms with Crippen LogP contribution in [-0.2, 0) is 6.42 Å². The van der Waals surface area contributed by atoms with Crippen molar-refractivity contribution in [2.24, 2.45) is 5.92 Å². The summed E-state index contributed by atoms with van der Waals surface area (Å²) >= 11 is 5.90. The summed E-state index contributed by atoms with van der Waals surface area (Å²) < 4.78 is 13.3. The highest BCUT2D eigenvalue weighted by Gasteiger charge is 2.16. The number of nitro benzene ring substituents is 1. The largest absolute Gasteiger partial charge is 0.304 e. The summed E-state index contributed by atoms with van der Waals surface area (Å²) in [7, 11) is 0. The van der Waals surface area contributed by atoms with E-state index in [0.29, 0.717) is 6.42 Å². The van der Waals surface area contributed by atoms with Gasteiger partial charge >= 0.3 is 5.69 Å². The Kier molecular flexibility index (Phi) is 4.24. The minimum atomic E-state index is -0.795. The van der Waals surface area contributed by atoms with Gasteiger partial charge in [-0.2, -0.15) is 4.39 Å². The molecule has 0 saturated carbocycles. The molecule has 0 N–H and O–H groups in total. The van der Waals surface area contributed by atoms with Crippen molar-refractivity contribution in [2.45, 2.75) is 25.6 Å². The maximum atomic E-state index is 13.3. The van der Waals surface area contributed by atoms with Crippen LogP contribution in [0, 0.1) is 21.8 Å². The lowest BCUT2D eigenvalue weighted by Crippen LogP contribution is -2.10. The summed E-state index contributed by atoms with van der Waals surface area (Å²) in [5.74, 6) is -0.598. The Bertz CT molecular complexity index is 396. The molecule has 0 aliphatic carbocycles. The first-order chi connectivity index (χ1) is 7.41. The van der Waals surface area contributed by atoms with Gasteiger partial charge in [0.15, 0.2) is 0 Å². The van der Waals surface area contributed by atoms with Gasteiger partial charge in [0, 0.05) is 11.4 Å². The lowest BCUT2D eigenvalue weighted by molar-refractivity contribution is -0.387. The molecule has 0 aromatic heterocycles. The molecule has 1 aromatic carbocycles. The predicted molar refractivity (Wildman–Crippen MR) is 61.2 cm³/mol. The van der Waals surface area contributed by atoms with Gasteiger partial charge in [0.05, 0.1) is 4.92 Å². The molecule has 88 valence electrons. The molecule has 3 nitrogen and oxygen atoms in total. The molecule has 2 atom stereocenters. The van der Waals surface area contributed by atoms with Crippen LogP contribution in [0.15, 0.2) is 18.2 Å². The number of alkyl halides is 1. The molecule has 0 saturated heterocycles. The zero-order valence-corrected chi connectivity index (χ0v) is 9.87. The molecular formula is C11H13ClFNO2. The average Bonchev–Trinajstić information content (AvgIpc) is 2.16. The van der Waals surface area contributed by atoms with Gasteiger partial charge in [0.2, 0.25) is 5.82 Å². The minimum Gasteiger partial charge on any atom is -0.258 e. The Hall–Kier alpha value is -1.16. The molecule has 0 bridgehead atoms. The molecule has 0 radical (unpaired) electrons. The molecule has 0 aliphatic rings. The van der Waals surface area contributed by atoms with Crippen molar-refractivity contribution >= 4 is 17.3 Å². The van der Waals surface area contributed by atoms with Crippen molar-refractivity contribution in [3.05, 3.63) is 39.7 Å². The fourth-order valence-corrected chi connectivity index (χ4v) is 1.45. The van der Waals surface area contributed by atoms with E-state index in [4.69, 9.17) is 11.6 Å². The highest BCUT2D eigenvalue weighted by atomic mass is 35.5. The second kappa shape index (κ2) is 5.25. The zero-order chi connectivity index (χ0) is 12.3. The van der Waals surface area contributed by atoms with Crippen LogP contribution in [0.3, 0.4) is 0 Å². The molecule has 1 aromatic rings. The molecule has 1 rings (SSSR count). The van der Waals surface area contributed by atoms with Gasteiger partial charge < -0.3 is 0 Å². The summed E-state index contributed by atoms with van der Waals surface area (Å²) in [5.41, 5.74) is 0.235. The number of benzene rings is 1. The van der Waals surface area contributed by atoms with E-state index in [1.165, 1.54) is 12.1 Å². The topological polar surface area (TPSA) is 43.1 Å². The molecular weight excluding hydrogens is 233 g/mol. The van der Waals surface area contributed by atoms with Crippen LogP contribution in [-0.4, -0.2) is 10.3 Å². The van der Waals surface area contributed by atoms with Crippen molar-refractivity contribution in [3.8, 4) is 0 Å². The third-order valence-electron chi connectivity index (χ3n) is 2.55. The van der Waals surface area contributed by atoms with E-state index in [9.17, 15) is 14.5 Å². The highest BCUT2D eigenvalue weighted by Crippen LogP contribution is 2.21. The van der Waals surface area contributed by atoms with Crippen molar-refractivity contribution < 1.29 is 9.31 Å². The summed E-state index contributed by atoms with van der Waals surface area (Å²) in [5, 5.41) is 10.4. The number of hydrogen-bond donors (Lipinski definition) is 0. The normalized spacial score (nSPS) is 14.5. The number of nitro groups is 1.